The third-order valence-electron chi connectivity index (χ3n) is 6.31. The van der Waals surface area contributed by atoms with Crippen LogP contribution in [-0.4, -0.2) is 61.1 Å². The molecule has 35 heavy (non-hydrogen) atoms. The molecule has 0 radical (unpaired) electrons. The summed E-state index contributed by atoms with van der Waals surface area (Å²) in [4.78, 5) is 26.3. The molecule has 0 spiro atoms. The molecule has 10 nitrogen and oxygen atoms in total. The fraction of sp³-hybridized carbons (Fsp3) is 0.520. The molecule has 5 rings (SSSR count). The van der Waals surface area contributed by atoms with E-state index in [0.717, 1.165) is 29.6 Å². The third kappa shape index (κ3) is 4.96. The lowest BCUT2D eigenvalue weighted by Crippen LogP contribution is -2.36. The minimum atomic E-state index is -0.539. The van der Waals surface area contributed by atoms with Crippen molar-refractivity contribution in [2.24, 2.45) is 18.9 Å². The molecule has 1 aliphatic carbocycles. The molecule has 2 fully saturated rings. The monoisotopic (exact) mass is 480 g/mol. The molecule has 10 heteroatoms. The van der Waals surface area contributed by atoms with Crippen LogP contribution in [0.25, 0.3) is 16.8 Å². The summed E-state index contributed by atoms with van der Waals surface area (Å²) in [6.07, 6.45) is 4.96. The van der Waals surface area contributed by atoms with Crippen molar-refractivity contribution in [1.82, 2.24) is 24.3 Å². The van der Waals surface area contributed by atoms with Gasteiger partial charge in [-0.15, -0.1) is 0 Å². The van der Waals surface area contributed by atoms with Crippen molar-refractivity contribution in [3.8, 4) is 17.0 Å². The number of likely N-dealkylation sites (tertiary alicyclic amines) is 1. The average Bonchev–Trinajstić information content (AvgIpc) is 3.32. The van der Waals surface area contributed by atoms with Gasteiger partial charge in [-0.1, -0.05) is 6.92 Å². The molecule has 3 aromatic rings. The van der Waals surface area contributed by atoms with Crippen LogP contribution in [0.15, 0.2) is 30.6 Å². The van der Waals surface area contributed by atoms with Gasteiger partial charge in [-0.25, -0.2) is 9.31 Å². The zero-order valence-corrected chi connectivity index (χ0v) is 20.8. The molecular formula is C25H32N6O4. The molecule has 4 heterocycles. The number of carbonyl (C=O) groups is 2. The Bertz CT molecular complexity index is 1270. The van der Waals surface area contributed by atoms with Crippen molar-refractivity contribution in [3.63, 3.8) is 0 Å². The first-order valence-corrected chi connectivity index (χ1v) is 12.0. The van der Waals surface area contributed by atoms with E-state index in [1.54, 1.807) is 20.3 Å². The molecule has 186 valence electrons. The number of amides is 2. The number of hydrogen-bond donors (Lipinski definition) is 1. The number of hydrogen-bond acceptors (Lipinski definition) is 6. The summed E-state index contributed by atoms with van der Waals surface area (Å²) in [6, 6.07) is 5.80. The van der Waals surface area contributed by atoms with E-state index in [0.29, 0.717) is 24.7 Å². The molecule has 0 unspecified atom stereocenters. The van der Waals surface area contributed by atoms with Gasteiger partial charge < -0.3 is 19.7 Å². The Kier molecular flexibility index (Phi) is 5.69. The van der Waals surface area contributed by atoms with Gasteiger partial charge in [-0.3, -0.25) is 9.48 Å². The first kappa shape index (κ1) is 23.2. The number of rotatable bonds is 5. The van der Waals surface area contributed by atoms with Gasteiger partial charge in [0.05, 0.1) is 18.3 Å². The number of aryl methyl sites for hydroxylation is 1. The summed E-state index contributed by atoms with van der Waals surface area (Å²) in [5, 5.41) is 11.8. The van der Waals surface area contributed by atoms with Crippen molar-refractivity contribution in [1.29, 1.82) is 0 Å². The van der Waals surface area contributed by atoms with E-state index in [1.807, 2.05) is 52.2 Å². The first-order valence-electron chi connectivity index (χ1n) is 12.0. The minimum Gasteiger partial charge on any atom is -0.484 e. The second-order valence-electron chi connectivity index (χ2n) is 10.6. The summed E-state index contributed by atoms with van der Waals surface area (Å²) in [6.45, 7) is 8.69. The van der Waals surface area contributed by atoms with Crippen LogP contribution >= 0.6 is 0 Å². The average molecular weight is 481 g/mol. The fourth-order valence-electron chi connectivity index (χ4n) is 4.34. The van der Waals surface area contributed by atoms with Gasteiger partial charge in [-0.2, -0.15) is 10.2 Å². The molecular weight excluding hydrogens is 448 g/mol. The SMILES string of the molecule is C[C@H]1CN(C(=O)OC(C)(C)C)C[C@@H]1Oc1cnn(C)c1-c1ccn2nc(NC(=O)C3CC3)cc2c1. The summed E-state index contributed by atoms with van der Waals surface area (Å²) >= 11 is 0. The quantitative estimate of drug-likeness (QED) is 0.597. The maximum atomic E-state index is 12.5. The third-order valence-corrected chi connectivity index (χ3v) is 6.31. The Hall–Kier alpha value is -3.56. The van der Waals surface area contributed by atoms with Crippen LogP contribution in [-0.2, 0) is 16.6 Å². The largest absolute Gasteiger partial charge is 0.484 e. The Balaban J connectivity index is 1.34. The van der Waals surface area contributed by atoms with Crippen LogP contribution in [0.5, 0.6) is 5.75 Å². The Morgan fingerprint density at radius 2 is 1.94 bits per heavy atom. The zero-order valence-electron chi connectivity index (χ0n) is 20.8. The van der Waals surface area contributed by atoms with E-state index >= 15 is 0 Å². The van der Waals surface area contributed by atoms with Crippen LogP contribution in [0.3, 0.4) is 0 Å². The van der Waals surface area contributed by atoms with E-state index in [-0.39, 0.29) is 29.9 Å². The summed E-state index contributed by atoms with van der Waals surface area (Å²) in [5.41, 5.74) is 2.07. The van der Waals surface area contributed by atoms with Crippen LogP contribution in [0, 0.1) is 11.8 Å². The molecule has 1 aliphatic heterocycles. The summed E-state index contributed by atoms with van der Waals surface area (Å²) < 4.78 is 15.4. The predicted octanol–water partition coefficient (Wildman–Crippen LogP) is 3.72. The fourth-order valence-corrected chi connectivity index (χ4v) is 4.34. The van der Waals surface area contributed by atoms with Crippen LogP contribution < -0.4 is 10.1 Å². The van der Waals surface area contributed by atoms with Gasteiger partial charge in [0.1, 0.15) is 17.4 Å². The van der Waals surface area contributed by atoms with Crippen LogP contribution in [0.4, 0.5) is 10.6 Å². The lowest BCUT2D eigenvalue weighted by Gasteiger charge is -2.24. The Morgan fingerprint density at radius 1 is 1.17 bits per heavy atom. The number of pyridine rings is 1. The molecule has 2 amide bonds. The summed E-state index contributed by atoms with van der Waals surface area (Å²) in [5.74, 6) is 1.49. The molecule has 3 aromatic heterocycles. The second kappa shape index (κ2) is 8.58. The molecule has 0 bridgehead atoms. The number of fused-ring (bicyclic) bond motifs is 1. The molecule has 0 aromatic carbocycles. The van der Waals surface area contributed by atoms with Gasteiger partial charge in [0, 0.05) is 43.3 Å². The number of ether oxygens (including phenoxy) is 2. The first-order chi connectivity index (χ1) is 16.6. The van der Waals surface area contributed by atoms with Gasteiger partial charge in [0.15, 0.2) is 11.6 Å². The maximum absolute atomic E-state index is 12.5. The van der Waals surface area contributed by atoms with Crippen LogP contribution in [0.2, 0.25) is 0 Å². The lowest BCUT2D eigenvalue weighted by atomic mass is 10.1. The van der Waals surface area contributed by atoms with Crippen molar-refractivity contribution in [2.75, 3.05) is 18.4 Å². The molecule has 1 saturated heterocycles. The van der Waals surface area contributed by atoms with E-state index in [2.05, 4.69) is 22.4 Å². The highest BCUT2D eigenvalue weighted by Crippen LogP contribution is 2.34. The van der Waals surface area contributed by atoms with E-state index in [4.69, 9.17) is 9.47 Å². The number of nitrogens with zero attached hydrogens (tertiary/aromatic N) is 5. The van der Waals surface area contributed by atoms with Gasteiger partial charge in [-0.05, 0) is 45.7 Å². The highest BCUT2D eigenvalue weighted by molar-refractivity contribution is 5.93. The number of nitrogens with one attached hydrogen (secondary N) is 1. The zero-order chi connectivity index (χ0) is 24.9. The van der Waals surface area contributed by atoms with E-state index in [1.165, 1.54) is 0 Å². The number of anilines is 1. The summed E-state index contributed by atoms with van der Waals surface area (Å²) in [7, 11) is 1.87. The van der Waals surface area contributed by atoms with E-state index in [9.17, 15) is 9.59 Å². The van der Waals surface area contributed by atoms with Crippen LogP contribution in [0.1, 0.15) is 40.5 Å². The second-order valence-corrected chi connectivity index (χ2v) is 10.6. The van der Waals surface area contributed by atoms with Gasteiger partial charge in [0.25, 0.3) is 0 Å². The van der Waals surface area contributed by atoms with Crippen molar-refractivity contribution >= 4 is 23.3 Å². The number of carbonyl (C=O) groups excluding carboxylic acids is 2. The predicted molar refractivity (Wildman–Crippen MR) is 130 cm³/mol. The van der Waals surface area contributed by atoms with E-state index < -0.39 is 5.60 Å². The molecule has 1 saturated carbocycles. The maximum Gasteiger partial charge on any atom is 0.410 e. The topological polar surface area (TPSA) is 103 Å². The molecule has 2 aliphatic rings. The normalized spacial score (nSPS) is 20.3. The lowest BCUT2D eigenvalue weighted by molar-refractivity contribution is -0.117. The number of aromatic nitrogens is 4. The van der Waals surface area contributed by atoms with Crippen molar-refractivity contribution in [2.45, 2.75) is 52.2 Å². The Morgan fingerprint density at radius 3 is 2.66 bits per heavy atom. The minimum absolute atomic E-state index is 0.0297. The molecule has 1 N–H and O–H groups in total. The standard InChI is InChI=1S/C25H32N6O4/c1-15-13-30(24(33)35-25(2,3)4)14-20(15)34-19-12-26-29(5)22(19)17-8-9-31-18(10-17)11-21(28-31)27-23(32)16-6-7-16/h8-12,15-16,20H,6-7,13-14H2,1-5H3,(H,27,28,32)/t15-,20-/m0/s1. The van der Waals surface area contributed by atoms with Gasteiger partial charge in [0.2, 0.25) is 5.91 Å². The highest BCUT2D eigenvalue weighted by atomic mass is 16.6. The van der Waals surface area contributed by atoms with Crippen molar-refractivity contribution < 1.29 is 19.1 Å². The highest BCUT2D eigenvalue weighted by Gasteiger charge is 2.37. The van der Waals surface area contributed by atoms with Crippen molar-refractivity contribution in [3.05, 3.63) is 30.6 Å². The smallest absolute Gasteiger partial charge is 0.410 e. The Labute approximate surface area is 204 Å². The molecule has 2 atom stereocenters. The van der Waals surface area contributed by atoms with Gasteiger partial charge >= 0.3 is 6.09 Å².